The lowest BCUT2D eigenvalue weighted by molar-refractivity contribution is 0.349. The number of sulfonamides is 1. The Bertz CT molecular complexity index is 613. The van der Waals surface area contributed by atoms with E-state index in [4.69, 9.17) is 5.73 Å². The van der Waals surface area contributed by atoms with Crippen molar-refractivity contribution >= 4 is 22.4 Å². The van der Waals surface area contributed by atoms with Gasteiger partial charge in [0.25, 0.3) is 0 Å². The molecule has 0 aliphatic carbocycles. The van der Waals surface area contributed by atoms with Crippen LogP contribution in [0.3, 0.4) is 0 Å². The summed E-state index contributed by atoms with van der Waals surface area (Å²) < 4.78 is 40.3. The lowest BCUT2D eigenvalue weighted by atomic mass is 9.90. The summed E-state index contributed by atoms with van der Waals surface area (Å²) in [6, 6.07) is 2.80. The third kappa shape index (κ3) is 3.39. The van der Waals surface area contributed by atoms with Gasteiger partial charge in [-0.2, -0.15) is 4.31 Å². The first-order valence-corrected chi connectivity index (χ1v) is 8.11. The Morgan fingerprint density at radius 3 is 2.29 bits per heavy atom. The summed E-state index contributed by atoms with van der Waals surface area (Å²) in [4.78, 5) is 0.162. The van der Waals surface area contributed by atoms with Crippen molar-refractivity contribution in [2.45, 2.75) is 32.1 Å². The van der Waals surface area contributed by atoms with Crippen LogP contribution >= 0.6 is 12.4 Å². The number of nitrogens with two attached hydrogens (primary N) is 1. The Morgan fingerprint density at radius 2 is 1.86 bits per heavy atom. The summed E-state index contributed by atoms with van der Waals surface area (Å²) in [6.07, 6.45) is 0.752. The summed E-state index contributed by atoms with van der Waals surface area (Å²) >= 11 is 0. The van der Waals surface area contributed by atoms with Crippen molar-refractivity contribution in [3.63, 3.8) is 0 Å². The highest BCUT2D eigenvalue weighted by Crippen LogP contribution is 2.33. The van der Waals surface area contributed by atoms with Gasteiger partial charge in [0, 0.05) is 13.1 Å². The van der Waals surface area contributed by atoms with Crippen LogP contribution in [0.25, 0.3) is 0 Å². The van der Waals surface area contributed by atoms with Gasteiger partial charge in [0.1, 0.15) is 5.82 Å². The quantitative estimate of drug-likeness (QED) is 0.920. The molecule has 1 aromatic rings. The number of benzene rings is 1. The van der Waals surface area contributed by atoms with Crippen molar-refractivity contribution < 1.29 is 12.8 Å². The fourth-order valence-corrected chi connectivity index (χ4v) is 4.32. The predicted molar refractivity (Wildman–Crippen MR) is 83.7 cm³/mol. The minimum atomic E-state index is -3.57. The Labute approximate surface area is 132 Å². The lowest BCUT2D eigenvalue weighted by Gasteiger charge is -2.22. The molecule has 0 bridgehead atoms. The molecule has 2 N–H and O–H groups in total. The van der Waals surface area contributed by atoms with Gasteiger partial charge in [0.15, 0.2) is 0 Å². The SMILES string of the molecule is Cc1cc(S(=O)(=O)N2CCC(C)(CN)C2)cc(C)c1F.Cl. The lowest BCUT2D eigenvalue weighted by Crippen LogP contribution is -2.34. The predicted octanol–water partition coefficient (Wildman–Crippen LogP) is 2.22. The van der Waals surface area contributed by atoms with Crippen molar-refractivity contribution in [2.75, 3.05) is 19.6 Å². The van der Waals surface area contributed by atoms with Crippen molar-refractivity contribution in [3.8, 4) is 0 Å². The molecule has 4 nitrogen and oxygen atoms in total. The van der Waals surface area contributed by atoms with Crippen LogP contribution in [-0.4, -0.2) is 32.4 Å². The molecule has 1 fully saturated rings. The number of hydrogen-bond acceptors (Lipinski definition) is 3. The summed E-state index contributed by atoms with van der Waals surface area (Å²) in [5.41, 5.74) is 6.24. The molecule has 0 spiro atoms. The highest BCUT2D eigenvalue weighted by Gasteiger charge is 2.39. The molecule has 1 atom stereocenters. The Morgan fingerprint density at radius 1 is 1.33 bits per heavy atom. The third-order valence-corrected chi connectivity index (χ3v) is 5.89. The van der Waals surface area contributed by atoms with Crippen molar-refractivity contribution in [3.05, 3.63) is 29.1 Å². The van der Waals surface area contributed by atoms with E-state index in [1.165, 1.54) is 16.4 Å². The van der Waals surface area contributed by atoms with E-state index in [1.54, 1.807) is 13.8 Å². The summed E-state index contributed by atoms with van der Waals surface area (Å²) in [5.74, 6) is -0.350. The largest absolute Gasteiger partial charge is 0.330 e. The van der Waals surface area contributed by atoms with Crippen LogP contribution in [0.15, 0.2) is 17.0 Å². The van der Waals surface area contributed by atoms with Crippen LogP contribution < -0.4 is 5.73 Å². The highest BCUT2D eigenvalue weighted by molar-refractivity contribution is 7.89. The van der Waals surface area contributed by atoms with Crippen LogP contribution in [0.1, 0.15) is 24.5 Å². The fourth-order valence-electron chi connectivity index (χ4n) is 2.55. The number of aryl methyl sites for hydroxylation is 2. The van der Waals surface area contributed by atoms with Crippen molar-refractivity contribution in [1.29, 1.82) is 0 Å². The molecule has 1 unspecified atom stereocenters. The van der Waals surface area contributed by atoms with Crippen LogP contribution in [0.4, 0.5) is 4.39 Å². The maximum Gasteiger partial charge on any atom is 0.243 e. The average Bonchev–Trinajstić information content (AvgIpc) is 2.79. The van der Waals surface area contributed by atoms with Crippen LogP contribution in [0, 0.1) is 25.1 Å². The Hall–Kier alpha value is -0.690. The molecular formula is C14H22ClFN2O2S. The normalized spacial score (nSPS) is 23.1. The maximum absolute atomic E-state index is 13.6. The summed E-state index contributed by atoms with van der Waals surface area (Å²) in [5, 5.41) is 0. The molecule has 0 saturated carbocycles. The second kappa shape index (κ2) is 6.20. The van der Waals surface area contributed by atoms with Gasteiger partial charge in [-0.05, 0) is 55.5 Å². The average molecular weight is 337 g/mol. The minimum Gasteiger partial charge on any atom is -0.330 e. The zero-order chi connectivity index (χ0) is 15.1. The second-order valence-electron chi connectivity index (χ2n) is 5.97. The molecule has 1 aliphatic rings. The van der Waals surface area contributed by atoms with Crippen LogP contribution in [-0.2, 0) is 10.0 Å². The van der Waals surface area contributed by atoms with E-state index < -0.39 is 10.0 Å². The van der Waals surface area contributed by atoms with Gasteiger partial charge in [-0.1, -0.05) is 6.92 Å². The molecule has 1 aliphatic heterocycles. The van der Waals surface area contributed by atoms with Crippen molar-refractivity contribution in [1.82, 2.24) is 4.31 Å². The van der Waals surface area contributed by atoms with Gasteiger partial charge in [0.05, 0.1) is 4.90 Å². The molecule has 21 heavy (non-hydrogen) atoms. The minimum absolute atomic E-state index is 0. The maximum atomic E-state index is 13.6. The van der Waals surface area contributed by atoms with E-state index in [-0.39, 0.29) is 28.5 Å². The van der Waals surface area contributed by atoms with Gasteiger partial charge in [0.2, 0.25) is 10.0 Å². The zero-order valence-electron chi connectivity index (χ0n) is 12.5. The molecule has 120 valence electrons. The fraction of sp³-hybridized carbons (Fsp3) is 0.571. The Balaban J connectivity index is 0.00000220. The number of halogens is 2. The molecule has 2 rings (SSSR count). The molecular weight excluding hydrogens is 315 g/mol. The Kier molecular flexibility index (Phi) is 5.42. The number of nitrogens with zero attached hydrogens (tertiary/aromatic N) is 1. The first-order valence-electron chi connectivity index (χ1n) is 6.67. The zero-order valence-corrected chi connectivity index (χ0v) is 14.2. The topological polar surface area (TPSA) is 63.4 Å². The van der Waals surface area contributed by atoms with E-state index in [0.29, 0.717) is 30.8 Å². The van der Waals surface area contributed by atoms with Gasteiger partial charge in [-0.25, -0.2) is 12.8 Å². The molecule has 1 heterocycles. The molecule has 0 radical (unpaired) electrons. The molecule has 1 saturated heterocycles. The van der Waals surface area contributed by atoms with Gasteiger partial charge < -0.3 is 5.73 Å². The molecule has 7 heteroatoms. The monoisotopic (exact) mass is 336 g/mol. The van der Waals surface area contributed by atoms with Crippen LogP contribution in [0.2, 0.25) is 0 Å². The van der Waals surface area contributed by atoms with Gasteiger partial charge in [-0.15, -0.1) is 12.4 Å². The van der Waals surface area contributed by atoms with Gasteiger partial charge >= 0.3 is 0 Å². The number of rotatable bonds is 3. The first-order chi connectivity index (χ1) is 9.19. The smallest absolute Gasteiger partial charge is 0.243 e. The summed E-state index contributed by atoms with van der Waals surface area (Å²) in [6.45, 7) is 6.49. The van der Waals surface area contributed by atoms with Crippen LogP contribution in [0.5, 0.6) is 0 Å². The van der Waals surface area contributed by atoms with E-state index in [0.717, 1.165) is 6.42 Å². The second-order valence-corrected chi connectivity index (χ2v) is 7.91. The highest BCUT2D eigenvalue weighted by atomic mass is 35.5. The van der Waals surface area contributed by atoms with E-state index in [9.17, 15) is 12.8 Å². The molecule has 0 amide bonds. The van der Waals surface area contributed by atoms with E-state index >= 15 is 0 Å². The van der Waals surface area contributed by atoms with E-state index in [1.807, 2.05) is 6.92 Å². The van der Waals surface area contributed by atoms with Crippen molar-refractivity contribution in [2.24, 2.45) is 11.1 Å². The standard InChI is InChI=1S/C14H21FN2O2S.ClH/c1-10-6-12(7-11(2)13(10)15)20(18,19)17-5-4-14(3,8-16)9-17;/h6-7H,4-5,8-9,16H2,1-3H3;1H. The molecule has 1 aromatic carbocycles. The van der Waals surface area contributed by atoms with E-state index in [2.05, 4.69) is 0 Å². The third-order valence-electron chi connectivity index (χ3n) is 4.06. The first kappa shape index (κ1) is 18.4. The summed E-state index contributed by atoms with van der Waals surface area (Å²) in [7, 11) is -3.57. The molecule has 0 aromatic heterocycles. The number of hydrogen-bond donors (Lipinski definition) is 1. The van der Waals surface area contributed by atoms with Gasteiger partial charge in [-0.3, -0.25) is 0 Å².